The zero-order chi connectivity index (χ0) is 10.9. The quantitative estimate of drug-likeness (QED) is 0.400. The van der Waals surface area contributed by atoms with Gasteiger partial charge in [0.05, 0.1) is 5.75 Å². The van der Waals surface area contributed by atoms with E-state index in [1.807, 2.05) is 6.92 Å². The SMILES string of the molecule is CCCCS(=O)(=O)NCCCCCI. The summed E-state index contributed by atoms with van der Waals surface area (Å²) < 4.78 is 26.4. The molecule has 0 spiro atoms. The van der Waals surface area contributed by atoms with Crippen LogP contribution in [0.5, 0.6) is 0 Å². The number of hydrogen-bond donors (Lipinski definition) is 1. The van der Waals surface area contributed by atoms with Crippen LogP contribution < -0.4 is 4.72 Å². The molecule has 0 heterocycles. The van der Waals surface area contributed by atoms with Crippen molar-refractivity contribution in [3.05, 3.63) is 0 Å². The summed E-state index contributed by atoms with van der Waals surface area (Å²) in [6.07, 6.45) is 4.92. The van der Waals surface area contributed by atoms with Crippen molar-refractivity contribution in [3.8, 4) is 0 Å². The summed E-state index contributed by atoms with van der Waals surface area (Å²) in [7, 11) is -2.98. The van der Waals surface area contributed by atoms with Crippen LogP contribution in [0.2, 0.25) is 0 Å². The smallest absolute Gasteiger partial charge is 0.211 e. The topological polar surface area (TPSA) is 46.2 Å². The molecule has 0 fully saturated rings. The predicted molar refractivity (Wildman–Crippen MR) is 69.4 cm³/mol. The molecule has 3 nitrogen and oxygen atoms in total. The molecule has 0 saturated carbocycles. The normalized spacial score (nSPS) is 11.9. The maximum Gasteiger partial charge on any atom is 0.211 e. The van der Waals surface area contributed by atoms with Crippen molar-refractivity contribution in [2.75, 3.05) is 16.7 Å². The van der Waals surface area contributed by atoms with Crippen molar-refractivity contribution in [1.82, 2.24) is 4.72 Å². The average molecular weight is 333 g/mol. The Morgan fingerprint density at radius 3 is 2.43 bits per heavy atom. The fraction of sp³-hybridized carbons (Fsp3) is 1.00. The molecular formula is C9H20INO2S. The minimum absolute atomic E-state index is 0.274. The van der Waals surface area contributed by atoms with Gasteiger partial charge in [-0.15, -0.1) is 0 Å². The highest BCUT2D eigenvalue weighted by molar-refractivity contribution is 14.1. The maximum atomic E-state index is 11.3. The van der Waals surface area contributed by atoms with Crippen LogP contribution in [0.3, 0.4) is 0 Å². The molecule has 0 unspecified atom stereocenters. The highest BCUT2D eigenvalue weighted by Gasteiger charge is 2.07. The van der Waals surface area contributed by atoms with Crippen molar-refractivity contribution in [1.29, 1.82) is 0 Å². The van der Waals surface area contributed by atoms with Crippen molar-refractivity contribution < 1.29 is 8.42 Å². The van der Waals surface area contributed by atoms with Crippen LogP contribution in [0, 0.1) is 0 Å². The first-order valence-electron chi connectivity index (χ1n) is 5.15. The summed E-state index contributed by atoms with van der Waals surface area (Å²) in [6.45, 7) is 2.60. The lowest BCUT2D eigenvalue weighted by molar-refractivity contribution is 0.573. The third-order valence-corrected chi connectivity index (χ3v) is 4.13. The van der Waals surface area contributed by atoms with Gasteiger partial charge in [-0.1, -0.05) is 42.4 Å². The first kappa shape index (κ1) is 14.6. The number of alkyl halides is 1. The van der Waals surface area contributed by atoms with Crippen LogP contribution in [0.15, 0.2) is 0 Å². The molecule has 0 aromatic rings. The van der Waals surface area contributed by atoms with Gasteiger partial charge in [-0.2, -0.15) is 0 Å². The zero-order valence-corrected chi connectivity index (χ0v) is 11.7. The van der Waals surface area contributed by atoms with Gasteiger partial charge < -0.3 is 0 Å². The highest BCUT2D eigenvalue weighted by atomic mass is 127. The molecule has 0 aromatic heterocycles. The fourth-order valence-corrected chi connectivity index (χ4v) is 2.84. The molecule has 0 amide bonds. The fourth-order valence-electron chi connectivity index (χ4n) is 1.03. The minimum Gasteiger partial charge on any atom is -0.215 e. The lowest BCUT2D eigenvalue weighted by Gasteiger charge is -2.05. The summed E-state index contributed by atoms with van der Waals surface area (Å²) in [6, 6.07) is 0. The zero-order valence-electron chi connectivity index (χ0n) is 8.76. The average Bonchev–Trinajstić information content (AvgIpc) is 2.15. The van der Waals surface area contributed by atoms with Gasteiger partial charge in [-0.05, 0) is 23.7 Å². The van der Waals surface area contributed by atoms with Gasteiger partial charge in [-0.25, -0.2) is 13.1 Å². The van der Waals surface area contributed by atoms with Gasteiger partial charge in [0.25, 0.3) is 0 Å². The van der Waals surface area contributed by atoms with Gasteiger partial charge in [0.1, 0.15) is 0 Å². The Labute approximate surface area is 101 Å². The van der Waals surface area contributed by atoms with Crippen molar-refractivity contribution in [2.24, 2.45) is 0 Å². The van der Waals surface area contributed by atoms with Gasteiger partial charge in [0, 0.05) is 6.54 Å². The third kappa shape index (κ3) is 9.21. The van der Waals surface area contributed by atoms with Gasteiger partial charge >= 0.3 is 0 Å². The van der Waals surface area contributed by atoms with Crippen molar-refractivity contribution in [3.63, 3.8) is 0 Å². The summed E-state index contributed by atoms with van der Waals surface area (Å²) in [4.78, 5) is 0. The van der Waals surface area contributed by atoms with E-state index in [1.165, 1.54) is 6.42 Å². The molecule has 0 aliphatic rings. The van der Waals surface area contributed by atoms with Gasteiger partial charge in [0.2, 0.25) is 10.0 Å². The van der Waals surface area contributed by atoms with E-state index >= 15 is 0 Å². The molecule has 0 bridgehead atoms. The van der Waals surface area contributed by atoms with E-state index in [1.54, 1.807) is 0 Å². The molecule has 0 radical (unpaired) electrons. The van der Waals surface area contributed by atoms with E-state index in [0.29, 0.717) is 6.54 Å². The molecule has 1 N–H and O–H groups in total. The van der Waals surface area contributed by atoms with Crippen LogP contribution in [-0.2, 0) is 10.0 Å². The second-order valence-corrected chi connectivity index (χ2v) is 6.32. The summed E-state index contributed by atoms with van der Waals surface area (Å²) in [5, 5.41) is 0. The minimum atomic E-state index is -2.98. The standard InChI is InChI=1S/C9H20INO2S/c1-2-3-9-14(12,13)11-8-6-4-5-7-10/h11H,2-9H2,1H3. The van der Waals surface area contributed by atoms with E-state index in [-0.39, 0.29) is 5.75 Å². The summed E-state index contributed by atoms with van der Waals surface area (Å²) >= 11 is 2.34. The molecule has 0 saturated heterocycles. The van der Waals surface area contributed by atoms with Crippen LogP contribution in [0.4, 0.5) is 0 Å². The molecule has 86 valence electrons. The summed E-state index contributed by atoms with van der Waals surface area (Å²) in [5.41, 5.74) is 0. The number of sulfonamides is 1. The van der Waals surface area contributed by atoms with Crippen LogP contribution in [0.25, 0.3) is 0 Å². The second-order valence-electron chi connectivity index (χ2n) is 3.32. The molecular weight excluding hydrogens is 313 g/mol. The molecule has 5 heteroatoms. The lowest BCUT2D eigenvalue weighted by atomic mass is 10.3. The van der Waals surface area contributed by atoms with Crippen molar-refractivity contribution >= 4 is 32.6 Å². The molecule has 0 aliphatic carbocycles. The molecule has 0 aromatic carbocycles. The Kier molecular flexibility index (Phi) is 9.32. The Bertz CT molecular complexity index is 217. The third-order valence-electron chi connectivity index (χ3n) is 1.90. The van der Waals surface area contributed by atoms with Gasteiger partial charge in [-0.3, -0.25) is 0 Å². The second kappa shape index (κ2) is 8.91. The first-order chi connectivity index (χ1) is 6.62. The van der Waals surface area contributed by atoms with E-state index in [9.17, 15) is 8.42 Å². The lowest BCUT2D eigenvalue weighted by Crippen LogP contribution is -2.27. The Balaban J connectivity index is 3.46. The first-order valence-corrected chi connectivity index (χ1v) is 8.33. The maximum absolute atomic E-state index is 11.3. The number of rotatable bonds is 9. The molecule has 14 heavy (non-hydrogen) atoms. The Morgan fingerprint density at radius 1 is 1.14 bits per heavy atom. The van der Waals surface area contributed by atoms with E-state index < -0.39 is 10.0 Å². The number of unbranched alkanes of at least 4 members (excludes halogenated alkanes) is 3. The Hall–Kier alpha value is 0.640. The predicted octanol–water partition coefficient (Wildman–Crippen LogP) is 2.31. The van der Waals surface area contributed by atoms with Crippen LogP contribution >= 0.6 is 22.6 Å². The van der Waals surface area contributed by atoms with Gasteiger partial charge in [0.15, 0.2) is 0 Å². The monoisotopic (exact) mass is 333 g/mol. The van der Waals surface area contributed by atoms with Crippen LogP contribution in [-0.4, -0.2) is 25.1 Å². The van der Waals surface area contributed by atoms with Crippen LogP contribution in [0.1, 0.15) is 39.0 Å². The van der Waals surface area contributed by atoms with Crippen molar-refractivity contribution in [2.45, 2.75) is 39.0 Å². The number of nitrogens with one attached hydrogen (secondary N) is 1. The van der Waals surface area contributed by atoms with E-state index in [2.05, 4.69) is 27.3 Å². The number of halogens is 1. The Morgan fingerprint density at radius 2 is 1.86 bits per heavy atom. The van der Waals surface area contributed by atoms with E-state index in [0.717, 1.165) is 30.1 Å². The highest BCUT2D eigenvalue weighted by Crippen LogP contribution is 1.99. The molecule has 0 aliphatic heterocycles. The largest absolute Gasteiger partial charge is 0.215 e. The van der Waals surface area contributed by atoms with E-state index in [4.69, 9.17) is 0 Å². The molecule has 0 rings (SSSR count). The summed E-state index contributed by atoms with van der Waals surface area (Å²) in [5.74, 6) is 0.274. The number of hydrogen-bond acceptors (Lipinski definition) is 2. The molecule has 0 atom stereocenters.